The molecule has 0 aliphatic rings. The summed E-state index contributed by atoms with van der Waals surface area (Å²) < 4.78 is 34.5. The van der Waals surface area contributed by atoms with Crippen LogP contribution in [0, 0.1) is 6.92 Å². The van der Waals surface area contributed by atoms with E-state index in [-0.39, 0.29) is 18.0 Å². The highest BCUT2D eigenvalue weighted by atomic mass is 32.2. The van der Waals surface area contributed by atoms with Crippen LogP contribution in [0.2, 0.25) is 0 Å². The lowest BCUT2D eigenvalue weighted by atomic mass is 10.1. The van der Waals surface area contributed by atoms with Gasteiger partial charge in [-0.05, 0) is 42.3 Å². The van der Waals surface area contributed by atoms with E-state index in [1.165, 1.54) is 11.4 Å². The number of aliphatic hydroxyl groups is 1. The molecular weight excluding hydrogens is 496 g/mol. The SMILES string of the molecule is COc1ccccc1N(C[C@H](O)CN(Cc1ccccc1)Cc1ccccc1)S(=O)(=O)c1ccc(C)cc1. The van der Waals surface area contributed by atoms with Gasteiger partial charge in [-0.25, -0.2) is 8.42 Å². The minimum absolute atomic E-state index is 0.128. The van der Waals surface area contributed by atoms with Crippen LogP contribution in [0.4, 0.5) is 5.69 Å². The van der Waals surface area contributed by atoms with Gasteiger partial charge in [-0.3, -0.25) is 9.21 Å². The zero-order valence-corrected chi connectivity index (χ0v) is 22.6. The maximum Gasteiger partial charge on any atom is 0.264 e. The molecular formula is C31H34N2O4S. The van der Waals surface area contributed by atoms with E-state index >= 15 is 0 Å². The number of ether oxygens (including phenoxy) is 1. The summed E-state index contributed by atoms with van der Waals surface area (Å²) in [7, 11) is -2.47. The van der Waals surface area contributed by atoms with Crippen molar-refractivity contribution in [3.63, 3.8) is 0 Å². The molecule has 4 aromatic carbocycles. The Hall–Kier alpha value is -3.65. The van der Waals surface area contributed by atoms with E-state index in [2.05, 4.69) is 4.90 Å². The molecule has 1 atom stereocenters. The number of methoxy groups -OCH3 is 1. The van der Waals surface area contributed by atoms with Crippen LogP contribution in [0.1, 0.15) is 16.7 Å². The maximum atomic E-state index is 13.9. The number of aryl methyl sites for hydroxylation is 1. The van der Waals surface area contributed by atoms with Crippen LogP contribution in [-0.4, -0.2) is 44.7 Å². The molecule has 0 amide bonds. The number of sulfonamides is 1. The molecule has 0 fully saturated rings. The van der Waals surface area contributed by atoms with E-state index in [0.717, 1.165) is 16.7 Å². The molecule has 0 saturated heterocycles. The van der Waals surface area contributed by atoms with Crippen molar-refractivity contribution >= 4 is 15.7 Å². The molecule has 4 aromatic rings. The fraction of sp³-hybridized carbons (Fsp3) is 0.226. The molecule has 0 radical (unpaired) electrons. The summed E-state index contributed by atoms with van der Waals surface area (Å²) in [5.74, 6) is 0.417. The van der Waals surface area contributed by atoms with E-state index in [1.807, 2.05) is 67.6 Å². The molecule has 0 heterocycles. The molecule has 6 nitrogen and oxygen atoms in total. The maximum absolute atomic E-state index is 13.9. The molecule has 0 aromatic heterocycles. The number of hydrogen-bond acceptors (Lipinski definition) is 5. The monoisotopic (exact) mass is 530 g/mol. The molecule has 0 bridgehead atoms. The number of aliphatic hydroxyl groups excluding tert-OH is 1. The van der Waals surface area contributed by atoms with Crippen LogP contribution in [0.15, 0.2) is 114 Å². The lowest BCUT2D eigenvalue weighted by Gasteiger charge is -2.31. The second kappa shape index (κ2) is 12.7. The van der Waals surface area contributed by atoms with Crippen LogP contribution < -0.4 is 9.04 Å². The number of anilines is 1. The second-order valence-corrected chi connectivity index (χ2v) is 11.2. The first kappa shape index (κ1) is 27.4. The Kier molecular flexibility index (Phi) is 9.18. The van der Waals surface area contributed by atoms with Crippen molar-refractivity contribution in [2.24, 2.45) is 0 Å². The molecule has 0 unspecified atom stereocenters. The normalized spacial score (nSPS) is 12.3. The first-order valence-corrected chi connectivity index (χ1v) is 14.0. The highest BCUT2D eigenvalue weighted by Crippen LogP contribution is 2.32. The quantitative estimate of drug-likeness (QED) is 0.271. The molecule has 0 aliphatic carbocycles. The summed E-state index contributed by atoms with van der Waals surface area (Å²) in [5.41, 5.74) is 3.58. The number of rotatable bonds is 12. The molecule has 0 aliphatic heterocycles. The van der Waals surface area contributed by atoms with E-state index in [4.69, 9.17) is 4.74 Å². The van der Waals surface area contributed by atoms with Crippen LogP contribution in [-0.2, 0) is 23.1 Å². The Balaban J connectivity index is 1.63. The van der Waals surface area contributed by atoms with E-state index < -0.39 is 16.1 Å². The third-order valence-electron chi connectivity index (χ3n) is 6.31. The van der Waals surface area contributed by atoms with Gasteiger partial charge in [0.2, 0.25) is 0 Å². The van der Waals surface area contributed by atoms with Gasteiger partial charge in [0.15, 0.2) is 0 Å². The number of hydrogen-bond donors (Lipinski definition) is 1. The summed E-state index contributed by atoms with van der Waals surface area (Å²) in [6, 6.07) is 33.8. The third-order valence-corrected chi connectivity index (χ3v) is 8.10. The fourth-order valence-electron chi connectivity index (χ4n) is 4.41. The highest BCUT2D eigenvalue weighted by molar-refractivity contribution is 7.92. The van der Waals surface area contributed by atoms with Gasteiger partial charge in [-0.2, -0.15) is 0 Å². The lowest BCUT2D eigenvalue weighted by Crippen LogP contribution is -2.42. The molecule has 198 valence electrons. The number of para-hydroxylation sites is 2. The predicted octanol–water partition coefficient (Wildman–Crippen LogP) is 5.26. The zero-order valence-electron chi connectivity index (χ0n) is 21.8. The van der Waals surface area contributed by atoms with E-state index in [0.29, 0.717) is 24.5 Å². The third kappa shape index (κ3) is 7.01. The van der Waals surface area contributed by atoms with Gasteiger partial charge < -0.3 is 9.84 Å². The summed E-state index contributed by atoms with van der Waals surface area (Å²) in [4.78, 5) is 2.29. The topological polar surface area (TPSA) is 70.1 Å². The van der Waals surface area contributed by atoms with Crippen molar-refractivity contribution in [3.8, 4) is 5.75 Å². The average molecular weight is 531 g/mol. The smallest absolute Gasteiger partial charge is 0.264 e. The summed E-state index contributed by atoms with van der Waals surface area (Å²) in [5, 5.41) is 11.3. The Bertz CT molecular complexity index is 1350. The molecule has 7 heteroatoms. The van der Waals surface area contributed by atoms with Gasteiger partial charge in [0, 0.05) is 19.6 Å². The van der Waals surface area contributed by atoms with Crippen LogP contribution in [0.3, 0.4) is 0 Å². The number of nitrogens with zero attached hydrogens (tertiary/aromatic N) is 2. The van der Waals surface area contributed by atoms with Crippen LogP contribution in [0.25, 0.3) is 0 Å². The molecule has 1 N–H and O–H groups in total. The first-order valence-electron chi connectivity index (χ1n) is 12.6. The standard InChI is InChI=1S/C31H34N2O4S/c1-25-17-19-29(20-18-25)38(35,36)33(30-15-9-10-16-31(30)37-2)24-28(34)23-32(21-26-11-5-3-6-12-26)22-27-13-7-4-8-14-27/h3-20,28,34H,21-24H2,1-2H3/t28-/m1/s1. The number of benzene rings is 4. The van der Waals surface area contributed by atoms with E-state index in [1.54, 1.807) is 48.5 Å². The lowest BCUT2D eigenvalue weighted by molar-refractivity contribution is 0.111. The van der Waals surface area contributed by atoms with Crippen molar-refractivity contribution in [2.45, 2.75) is 31.0 Å². The first-order chi connectivity index (χ1) is 18.4. The summed E-state index contributed by atoms with van der Waals surface area (Å²) in [6.45, 7) is 3.29. The van der Waals surface area contributed by atoms with Gasteiger partial charge in [0.05, 0.1) is 30.3 Å². The second-order valence-electron chi connectivity index (χ2n) is 9.32. The van der Waals surface area contributed by atoms with Crippen LogP contribution in [0.5, 0.6) is 5.75 Å². The largest absolute Gasteiger partial charge is 0.495 e. The fourth-order valence-corrected chi connectivity index (χ4v) is 5.93. The molecule has 0 spiro atoms. The highest BCUT2D eigenvalue weighted by Gasteiger charge is 2.30. The van der Waals surface area contributed by atoms with Crippen molar-refractivity contribution in [3.05, 3.63) is 126 Å². The van der Waals surface area contributed by atoms with Crippen molar-refractivity contribution in [2.75, 3.05) is 24.5 Å². The van der Waals surface area contributed by atoms with Gasteiger partial charge in [0.25, 0.3) is 10.0 Å². The van der Waals surface area contributed by atoms with Crippen molar-refractivity contribution < 1.29 is 18.3 Å². The minimum Gasteiger partial charge on any atom is -0.495 e. The van der Waals surface area contributed by atoms with E-state index in [9.17, 15) is 13.5 Å². The summed E-state index contributed by atoms with van der Waals surface area (Å²) in [6.07, 6.45) is -0.965. The predicted molar refractivity (Wildman–Crippen MR) is 152 cm³/mol. The van der Waals surface area contributed by atoms with Gasteiger partial charge in [0.1, 0.15) is 5.75 Å². The van der Waals surface area contributed by atoms with Gasteiger partial charge in [-0.15, -0.1) is 0 Å². The minimum atomic E-state index is -3.98. The Morgan fingerprint density at radius 3 is 1.82 bits per heavy atom. The Morgan fingerprint density at radius 2 is 1.26 bits per heavy atom. The van der Waals surface area contributed by atoms with Gasteiger partial charge >= 0.3 is 0 Å². The van der Waals surface area contributed by atoms with Crippen molar-refractivity contribution in [1.29, 1.82) is 0 Å². The zero-order chi connectivity index (χ0) is 27.0. The van der Waals surface area contributed by atoms with Crippen molar-refractivity contribution in [1.82, 2.24) is 4.90 Å². The molecule has 0 saturated carbocycles. The Labute approximate surface area is 225 Å². The molecule has 38 heavy (non-hydrogen) atoms. The Morgan fingerprint density at radius 1 is 0.737 bits per heavy atom. The molecule has 4 rings (SSSR count). The average Bonchev–Trinajstić information content (AvgIpc) is 2.93. The van der Waals surface area contributed by atoms with Gasteiger partial charge in [-0.1, -0.05) is 90.5 Å². The van der Waals surface area contributed by atoms with Crippen LogP contribution >= 0.6 is 0 Å². The summed E-state index contributed by atoms with van der Waals surface area (Å²) >= 11 is 0.